The zero-order chi connectivity index (χ0) is 6.99. The van der Waals surface area contributed by atoms with Gasteiger partial charge in [0, 0.05) is 0 Å². The molecular formula is C5H9F3. The van der Waals surface area contributed by atoms with E-state index < -0.39 is 6.68 Å². The number of rotatable bonds is 1. The Balaban J connectivity index is 0. The van der Waals surface area contributed by atoms with Crippen molar-refractivity contribution in [3.63, 3.8) is 0 Å². The van der Waals surface area contributed by atoms with Crippen LogP contribution in [0.5, 0.6) is 0 Å². The van der Waals surface area contributed by atoms with E-state index in [9.17, 15) is 13.2 Å². The lowest BCUT2D eigenvalue weighted by Crippen LogP contribution is -1.49. The minimum absolute atomic E-state index is 1.07. The van der Waals surface area contributed by atoms with Gasteiger partial charge in [-0.25, -0.2) is 0 Å². The van der Waals surface area contributed by atoms with Crippen molar-refractivity contribution in [3.8, 4) is 0 Å². The summed E-state index contributed by atoms with van der Waals surface area (Å²) >= 11 is 0. The Morgan fingerprint density at radius 2 is 1.50 bits per heavy atom. The van der Waals surface area contributed by atoms with Crippen LogP contribution in [0.15, 0.2) is 0 Å². The van der Waals surface area contributed by atoms with Crippen LogP contribution in [0, 0.1) is 13.6 Å². The molecule has 0 saturated heterocycles. The van der Waals surface area contributed by atoms with Gasteiger partial charge < -0.3 is 0 Å². The summed E-state index contributed by atoms with van der Waals surface area (Å²) < 4.78 is 28.8. The molecule has 0 aromatic rings. The van der Waals surface area contributed by atoms with Gasteiger partial charge in [0.15, 0.2) is 0 Å². The highest BCUT2D eigenvalue weighted by Gasteiger charge is 1.93. The summed E-state index contributed by atoms with van der Waals surface area (Å²) in [6.45, 7) is 2.64. The van der Waals surface area contributed by atoms with Crippen molar-refractivity contribution in [1.82, 2.24) is 0 Å². The van der Waals surface area contributed by atoms with Crippen molar-refractivity contribution >= 4 is 0 Å². The van der Waals surface area contributed by atoms with Crippen LogP contribution in [0.25, 0.3) is 0 Å². The highest BCUT2D eigenvalue weighted by Crippen LogP contribution is 1.99. The average Bonchev–Trinajstić information content (AvgIpc) is 1.65. The smallest absolute Gasteiger partial charge is 0.162 e. The lowest BCUT2D eigenvalue weighted by atomic mass is 10.4. The van der Waals surface area contributed by atoms with E-state index in [1.807, 2.05) is 0 Å². The van der Waals surface area contributed by atoms with E-state index in [2.05, 4.69) is 13.8 Å². The van der Waals surface area contributed by atoms with Crippen LogP contribution < -0.4 is 0 Å². The minimum atomic E-state index is -3.08. The molecule has 2 radical (unpaired) electrons. The summed E-state index contributed by atoms with van der Waals surface area (Å²) in [5, 5.41) is 0. The van der Waals surface area contributed by atoms with E-state index in [1.165, 1.54) is 6.42 Å². The van der Waals surface area contributed by atoms with Gasteiger partial charge in [-0.1, -0.05) is 26.7 Å². The molecule has 0 saturated carbocycles. The second-order valence-corrected chi connectivity index (χ2v) is 1.07. The molecule has 3 heteroatoms. The zero-order valence-corrected chi connectivity index (χ0v) is 4.76. The first-order valence-electron chi connectivity index (χ1n) is 2.27. The SMILES string of the molecule is F[C](F)F.[CH2]CCC. The molecule has 0 rings (SSSR count). The van der Waals surface area contributed by atoms with Gasteiger partial charge in [-0.3, -0.25) is 0 Å². The van der Waals surface area contributed by atoms with Crippen molar-refractivity contribution in [1.29, 1.82) is 0 Å². The van der Waals surface area contributed by atoms with Crippen molar-refractivity contribution in [2.75, 3.05) is 0 Å². The molecule has 0 amide bonds. The van der Waals surface area contributed by atoms with Crippen LogP contribution in [-0.2, 0) is 0 Å². The van der Waals surface area contributed by atoms with Gasteiger partial charge in [0.2, 0.25) is 0 Å². The van der Waals surface area contributed by atoms with Gasteiger partial charge in [-0.15, -0.1) is 0 Å². The van der Waals surface area contributed by atoms with Gasteiger partial charge in [0.25, 0.3) is 0 Å². The highest BCUT2D eigenvalue weighted by molar-refractivity contribution is 4.29. The van der Waals surface area contributed by atoms with E-state index >= 15 is 0 Å². The maximum atomic E-state index is 9.58. The third-order valence-corrected chi connectivity index (χ3v) is 0.354. The average molecular weight is 126 g/mol. The van der Waals surface area contributed by atoms with Crippen molar-refractivity contribution in [2.24, 2.45) is 0 Å². The molecule has 0 spiro atoms. The predicted octanol–water partition coefficient (Wildman–Crippen LogP) is 2.96. The first kappa shape index (κ1) is 10.7. The third kappa shape index (κ3) is 213. The number of halogens is 3. The van der Waals surface area contributed by atoms with E-state index in [4.69, 9.17) is 0 Å². The maximum absolute atomic E-state index is 9.58. The highest BCUT2D eigenvalue weighted by atomic mass is 19.4. The molecule has 0 aliphatic carbocycles. The maximum Gasteiger partial charge on any atom is 0.487 e. The molecule has 0 bridgehead atoms. The Morgan fingerprint density at radius 1 is 1.38 bits per heavy atom. The molecule has 8 heavy (non-hydrogen) atoms. The van der Waals surface area contributed by atoms with Gasteiger partial charge in [0.1, 0.15) is 0 Å². The lowest BCUT2D eigenvalue weighted by molar-refractivity contribution is 0.142. The fourth-order valence-corrected chi connectivity index (χ4v) is 0. The molecule has 0 aromatic carbocycles. The Bertz CT molecular complexity index is 24.1. The summed E-state index contributed by atoms with van der Waals surface area (Å²) in [5.41, 5.74) is 0. The molecule has 0 nitrogen and oxygen atoms in total. The largest absolute Gasteiger partial charge is 0.487 e. The fourth-order valence-electron chi connectivity index (χ4n) is 0. The Morgan fingerprint density at radius 3 is 1.50 bits per heavy atom. The van der Waals surface area contributed by atoms with Gasteiger partial charge >= 0.3 is 6.68 Å². The van der Waals surface area contributed by atoms with Crippen LogP contribution >= 0.6 is 0 Å². The van der Waals surface area contributed by atoms with Gasteiger partial charge in [0.05, 0.1) is 0 Å². The van der Waals surface area contributed by atoms with Crippen LogP contribution in [0.3, 0.4) is 0 Å². The van der Waals surface area contributed by atoms with Gasteiger partial charge in [-0.2, -0.15) is 13.2 Å². The molecule has 0 N–H and O–H groups in total. The van der Waals surface area contributed by atoms with E-state index in [0.29, 0.717) is 0 Å². The van der Waals surface area contributed by atoms with E-state index in [0.717, 1.165) is 6.42 Å². The van der Waals surface area contributed by atoms with E-state index in [1.54, 1.807) is 0 Å². The monoisotopic (exact) mass is 126 g/mol. The van der Waals surface area contributed by atoms with Gasteiger partial charge in [-0.05, 0) is 0 Å². The molecule has 0 aliphatic heterocycles. The zero-order valence-electron chi connectivity index (χ0n) is 4.76. The third-order valence-electron chi connectivity index (χ3n) is 0.354. The predicted molar refractivity (Wildman–Crippen MR) is 26.8 cm³/mol. The van der Waals surface area contributed by atoms with Crippen molar-refractivity contribution in [3.05, 3.63) is 13.6 Å². The molecule has 50 valence electrons. The number of unbranched alkanes of at least 4 members (excludes halogenated alkanes) is 1. The lowest BCUT2D eigenvalue weighted by Gasteiger charge is -1.67. The van der Waals surface area contributed by atoms with Crippen molar-refractivity contribution < 1.29 is 13.2 Å². The molecule has 0 atom stereocenters. The first-order valence-corrected chi connectivity index (χ1v) is 2.27. The number of hydrogen-bond acceptors (Lipinski definition) is 0. The standard InChI is InChI=1S/C4H9.CF3/c1-3-4-2;2-1(3)4/h1,3-4H2,2H3;. The molecule has 0 heterocycles. The molecule has 0 aromatic heterocycles. The summed E-state index contributed by atoms with van der Waals surface area (Å²) in [6, 6.07) is 0. The summed E-state index contributed by atoms with van der Waals surface area (Å²) in [6.07, 6.45) is 2.28. The molecule has 0 aliphatic rings. The van der Waals surface area contributed by atoms with Crippen LogP contribution in [-0.4, -0.2) is 0 Å². The fraction of sp³-hybridized carbons (Fsp3) is 0.600. The minimum Gasteiger partial charge on any atom is -0.162 e. The van der Waals surface area contributed by atoms with Crippen molar-refractivity contribution in [2.45, 2.75) is 19.8 Å². The summed E-state index contributed by atoms with van der Waals surface area (Å²) in [7, 11) is 0. The molecule has 0 fully saturated rings. The second kappa shape index (κ2) is 9.92. The Labute approximate surface area is 47.7 Å². The normalized spacial score (nSPS) is 8.25. The molecular weight excluding hydrogens is 117 g/mol. The summed E-state index contributed by atoms with van der Waals surface area (Å²) in [4.78, 5) is 0. The van der Waals surface area contributed by atoms with E-state index in [-0.39, 0.29) is 0 Å². The summed E-state index contributed by atoms with van der Waals surface area (Å²) in [5.74, 6) is 0. The van der Waals surface area contributed by atoms with Crippen LogP contribution in [0.1, 0.15) is 19.8 Å². The Kier molecular flexibility index (Phi) is 13.3. The van der Waals surface area contributed by atoms with Crippen LogP contribution in [0.4, 0.5) is 13.2 Å². The first-order chi connectivity index (χ1) is 3.65. The van der Waals surface area contributed by atoms with Crippen LogP contribution in [0.2, 0.25) is 0 Å². The topological polar surface area (TPSA) is 0 Å². The Hall–Kier alpha value is -0.210. The second-order valence-electron chi connectivity index (χ2n) is 1.07. The number of hydrogen-bond donors (Lipinski definition) is 0. The quantitative estimate of drug-likeness (QED) is 0.506. The molecule has 0 unspecified atom stereocenters.